The van der Waals surface area contributed by atoms with Gasteiger partial charge in [0.2, 0.25) is 5.95 Å². The van der Waals surface area contributed by atoms with Crippen molar-refractivity contribution < 1.29 is 13.6 Å². The molecule has 2 aliphatic carbocycles. The molecule has 3 fully saturated rings. The highest BCUT2D eigenvalue weighted by Crippen LogP contribution is 2.34. The molecule has 0 spiro atoms. The van der Waals surface area contributed by atoms with E-state index in [2.05, 4.69) is 20.5 Å². The topological polar surface area (TPSA) is 126 Å². The summed E-state index contributed by atoms with van der Waals surface area (Å²) in [6, 6.07) is 3.60. The third kappa shape index (κ3) is 5.81. The average molecular weight is 554 g/mol. The van der Waals surface area contributed by atoms with Crippen LogP contribution >= 0.6 is 0 Å². The Labute approximate surface area is 232 Å². The first-order valence-corrected chi connectivity index (χ1v) is 14.5. The fourth-order valence-corrected chi connectivity index (χ4v) is 6.19. The molecule has 0 bridgehead atoms. The number of aromatic nitrogens is 4. The van der Waals surface area contributed by atoms with Gasteiger partial charge in [0.15, 0.2) is 17.0 Å². The Morgan fingerprint density at radius 1 is 0.925 bits per heavy atom. The van der Waals surface area contributed by atoms with Crippen LogP contribution in [0.3, 0.4) is 0 Å². The number of nitrogens with two attached hydrogens (primary N) is 1. The zero-order chi connectivity index (χ0) is 27.6. The Bertz CT molecular complexity index is 1340. The van der Waals surface area contributed by atoms with E-state index in [1.807, 2.05) is 6.33 Å². The lowest BCUT2D eigenvalue weighted by molar-refractivity contribution is 0.197. The molecular weight excluding hydrogens is 516 g/mol. The highest BCUT2D eigenvalue weighted by Gasteiger charge is 2.27. The first-order chi connectivity index (χ1) is 19.4. The van der Waals surface area contributed by atoms with Crippen LogP contribution in [-0.2, 0) is 0 Å². The third-order valence-corrected chi connectivity index (χ3v) is 8.54. The summed E-state index contributed by atoms with van der Waals surface area (Å²) >= 11 is 0. The maximum Gasteiger partial charge on any atom is 0.321 e. The van der Waals surface area contributed by atoms with Crippen LogP contribution in [0.4, 0.5) is 31.0 Å². The van der Waals surface area contributed by atoms with Gasteiger partial charge >= 0.3 is 6.03 Å². The molecule has 3 aromatic rings. The molecule has 1 aliphatic heterocycles. The molecule has 40 heavy (non-hydrogen) atoms. The van der Waals surface area contributed by atoms with E-state index in [4.69, 9.17) is 20.7 Å². The average Bonchev–Trinajstić information content (AvgIpc) is 3.63. The van der Waals surface area contributed by atoms with Gasteiger partial charge in [-0.25, -0.2) is 18.6 Å². The number of carbonyl (C=O) groups excluding carboxylic acids is 1. The summed E-state index contributed by atoms with van der Waals surface area (Å²) in [6.07, 6.45) is 11.9. The number of likely N-dealkylation sites (tertiary alicyclic amines) is 1. The SMILES string of the molecule is NC1CCC(Nc2nc(NC3CCN(C(=O)Nc4cc(F)ccc4F)CC3)c3ncn(C4CCCC4)c3n2)CC1. The molecule has 0 radical (unpaired) electrons. The van der Waals surface area contributed by atoms with E-state index in [0.717, 1.165) is 67.9 Å². The van der Waals surface area contributed by atoms with Crippen molar-refractivity contribution in [3.63, 3.8) is 0 Å². The second kappa shape index (κ2) is 11.5. The lowest BCUT2D eigenvalue weighted by atomic mass is 9.92. The molecule has 5 N–H and O–H groups in total. The molecule has 2 aromatic heterocycles. The van der Waals surface area contributed by atoms with Crippen LogP contribution in [0, 0.1) is 11.6 Å². The minimum atomic E-state index is -0.670. The Balaban J connectivity index is 1.16. The van der Waals surface area contributed by atoms with Gasteiger partial charge in [-0.15, -0.1) is 0 Å². The summed E-state index contributed by atoms with van der Waals surface area (Å²) < 4.78 is 29.7. The Hall–Kier alpha value is -3.54. The van der Waals surface area contributed by atoms with Gasteiger partial charge < -0.3 is 31.2 Å². The van der Waals surface area contributed by atoms with E-state index >= 15 is 0 Å². The molecule has 1 saturated heterocycles. The zero-order valence-electron chi connectivity index (χ0n) is 22.6. The van der Waals surface area contributed by atoms with Crippen molar-refractivity contribution in [1.29, 1.82) is 0 Å². The number of carbonyl (C=O) groups is 1. The van der Waals surface area contributed by atoms with E-state index in [1.165, 1.54) is 12.8 Å². The van der Waals surface area contributed by atoms with Crippen LogP contribution in [0.15, 0.2) is 24.5 Å². The monoisotopic (exact) mass is 553 g/mol. The minimum Gasteiger partial charge on any atom is -0.365 e. The standard InChI is InChI=1S/C28H37F2N9O/c29-17-5-10-22(30)23(15-17)35-28(40)38-13-11-20(12-14-38)33-25-24-26(39(16-32-24)21-3-1-2-4-21)37-27(36-25)34-19-8-6-18(31)7-9-19/h5,10,15-16,18-21H,1-4,6-9,11-14,31H2,(H,35,40)(H2,33,34,36,37). The molecule has 1 aromatic carbocycles. The lowest BCUT2D eigenvalue weighted by Crippen LogP contribution is -2.44. The second-order valence-electron chi connectivity index (χ2n) is 11.4. The number of rotatable bonds is 6. The quantitative estimate of drug-likeness (QED) is 0.338. The number of nitrogens with zero attached hydrogens (tertiary/aromatic N) is 5. The number of benzene rings is 1. The molecule has 0 atom stereocenters. The van der Waals surface area contributed by atoms with Crippen molar-refractivity contribution in [3.05, 3.63) is 36.2 Å². The number of hydrogen-bond acceptors (Lipinski definition) is 7. The predicted octanol–water partition coefficient (Wildman–Crippen LogP) is 5.01. The van der Waals surface area contributed by atoms with Gasteiger partial charge in [0.25, 0.3) is 0 Å². The lowest BCUT2D eigenvalue weighted by Gasteiger charge is -2.32. The summed E-state index contributed by atoms with van der Waals surface area (Å²) in [4.78, 5) is 28.8. The molecule has 2 amide bonds. The van der Waals surface area contributed by atoms with Crippen molar-refractivity contribution in [1.82, 2.24) is 24.4 Å². The number of fused-ring (bicyclic) bond motifs is 1. The summed E-state index contributed by atoms with van der Waals surface area (Å²) in [5.74, 6) is 0.0225. The third-order valence-electron chi connectivity index (χ3n) is 8.54. The number of urea groups is 1. The first kappa shape index (κ1) is 26.7. The van der Waals surface area contributed by atoms with Crippen LogP contribution < -0.4 is 21.7 Å². The van der Waals surface area contributed by atoms with Gasteiger partial charge in [0, 0.05) is 43.3 Å². The molecule has 3 aliphatic rings. The molecule has 2 saturated carbocycles. The maximum atomic E-state index is 14.0. The van der Waals surface area contributed by atoms with Crippen LogP contribution in [0.1, 0.15) is 70.3 Å². The van der Waals surface area contributed by atoms with E-state index in [1.54, 1.807) is 4.90 Å². The van der Waals surface area contributed by atoms with Crippen LogP contribution in [0.25, 0.3) is 11.2 Å². The number of hydrogen-bond donors (Lipinski definition) is 4. The number of anilines is 3. The molecule has 214 valence electrons. The second-order valence-corrected chi connectivity index (χ2v) is 11.4. The van der Waals surface area contributed by atoms with Gasteiger partial charge in [0.1, 0.15) is 11.6 Å². The Kier molecular flexibility index (Phi) is 7.68. The van der Waals surface area contributed by atoms with E-state index in [-0.39, 0.29) is 23.8 Å². The number of piperidine rings is 1. The van der Waals surface area contributed by atoms with Crippen molar-refractivity contribution in [2.24, 2.45) is 5.73 Å². The van der Waals surface area contributed by atoms with E-state index < -0.39 is 17.7 Å². The van der Waals surface area contributed by atoms with Crippen molar-refractivity contribution >= 4 is 34.6 Å². The molecule has 6 rings (SSSR count). The molecule has 0 unspecified atom stereocenters. The van der Waals surface area contributed by atoms with Crippen LogP contribution in [0.2, 0.25) is 0 Å². The molecule has 12 heteroatoms. The summed E-state index contributed by atoms with van der Waals surface area (Å²) in [5, 5.41) is 9.63. The maximum absolute atomic E-state index is 14.0. The number of halogens is 2. The first-order valence-electron chi connectivity index (χ1n) is 14.5. The number of amides is 2. The van der Waals surface area contributed by atoms with Crippen molar-refractivity contribution in [2.75, 3.05) is 29.0 Å². The smallest absolute Gasteiger partial charge is 0.321 e. The van der Waals surface area contributed by atoms with Crippen molar-refractivity contribution in [3.8, 4) is 0 Å². The van der Waals surface area contributed by atoms with Crippen LogP contribution in [-0.4, -0.2) is 61.7 Å². The summed E-state index contributed by atoms with van der Waals surface area (Å²) in [6.45, 7) is 0.942. The van der Waals surface area contributed by atoms with E-state index in [0.29, 0.717) is 43.7 Å². The largest absolute Gasteiger partial charge is 0.365 e. The van der Waals surface area contributed by atoms with Crippen LogP contribution in [0.5, 0.6) is 0 Å². The predicted molar refractivity (Wildman–Crippen MR) is 150 cm³/mol. The number of nitrogens with one attached hydrogen (secondary N) is 3. The minimum absolute atomic E-state index is 0.0743. The Morgan fingerprint density at radius 2 is 1.65 bits per heavy atom. The van der Waals surface area contributed by atoms with Gasteiger partial charge in [-0.05, 0) is 63.5 Å². The zero-order valence-corrected chi connectivity index (χ0v) is 22.6. The summed E-state index contributed by atoms with van der Waals surface area (Å²) in [7, 11) is 0. The van der Waals surface area contributed by atoms with Crippen molar-refractivity contribution in [2.45, 2.75) is 88.4 Å². The van der Waals surface area contributed by atoms with Gasteiger partial charge in [0.05, 0.1) is 12.0 Å². The highest BCUT2D eigenvalue weighted by molar-refractivity contribution is 5.89. The molecular formula is C28H37F2N9O. The molecule has 3 heterocycles. The van der Waals surface area contributed by atoms with E-state index in [9.17, 15) is 13.6 Å². The normalized spacial score (nSPS) is 22.5. The number of imidazole rings is 1. The fraction of sp³-hybridized carbons (Fsp3) is 0.571. The Morgan fingerprint density at radius 3 is 2.40 bits per heavy atom. The highest BCUT2D eigenvalue weighted by atomic mass is 19.1. The molecule has 10 nitrogen and oxygen atoms in total. The fourth-order valence-electron chi connectivity index (χ4n) is 6.19. The van der Waals surface area contributed by atoms with Gasteiger partial charge in [-0.2, -0.15) is 9.97 Å². The summed E-state index contributed by atoms with van der Waals surface area (Å²) in [5.41, 5.74) is 7.54. The van der Waals surface area contributed by atoms with Gasteiger partial charge in [-0.3, -0.25) is 0 Å². The van der Waals surface area contributed by atoms with Gasteiger partial charge in [-0.1, -0.05) is 12.8 Å².